The number of primary amides is 1. The van der Waals surface area contributed by atoms with Crippen molar-refractivity contribution in [3.05, 3.63) is 89.5 Å². The number of likely N-dealkylation sites (tertiary alicyclic amines) is 2. The number of nitrogens with two attached hydrogens (primary N) is 1. The quantitative estimate of drug-likeness (QED) is 0.213. The van der Waals surface area contributed by atoms with Gasteiger partial charge in [-0.2, -0.15) is 5.10 Å². The van der Waals surface area contributed by atoms with Crippen molar-refractivity contribution in [2.24, 2.45) is 11.7 Å². The predicted octanol–water partition coefficient (Wildman–Crippen LogP) is 3.96. The predicted molar refractivity (Wildman–Crippen MR) is 213 cm³/mol. The van der Waals surface area contributed by atoms with Gasteiger partial charge in [-0.15, -0.1) is 0 Å². The van der Waals surface area contributed by atoms with Gasteiger partial charge in [-0.05, 0) is 106 Å². The second-order valence-electron chi connectivity index (χ2n) is 16.3. The number of imide groups is 1. The smallest absolute Gasteiger partial charge is 0.262 e. The molecule has 0 spiro atoms. The van der Waals surface area contributed by atoms with Crippen molar-refractivity contribution in [1.29, 1.82) is 0 Å². The first-order chi connectivity index (χ1) is 27.8. The third-order valence-electron chi connectivity index (χ3n) is 13.0. The fraction of sp³-hybridized carbons (Fsp3) is 0.419. The summed E-state index contributed by atoms with van der Waals surface area (Å²) in [4.78, 5) is 60.4. The van der Waals surface area contributed by atoms with Gasteiger partial charge >= 0.3 is 0 Å². The third kappa shape index (κ3) is 6.31. The Bertz CT molecular complexity index is 2220. The van der Waals surface area contributed by atoms with E-state index in [9.17, 15) is 19.2 Å². The van der Waals surface area contributed by atoms with Crippen LogP contribution in [-0.2, 0) is 4.79 Å². The molecular formula is C43H47N9O5. The lowest BCUT2D eigenvalue weighted by Gasteiger charge is -2.55. The lowest BCUT2D eigenvalue weighted by molar-refractivity contribution is -0.126. The second-order valence-corrected chi connectivity index (χ2v) is 16.3. The zero-order valence-corrected chi connectivity index (χ0v) is 31.8. The standard InChI is InChI=1S/C43H47N9O5/c44-39(53)37-38(27-8-11-32(12-9-27)57-31-5-2-1-3-6-31)47-52-35(14-18-45-40(37)52)26-15-19-48(20-16-26)29-22-50(23-29)30-24-49(25-30)28-10-13-33-34(21-28)43(56)51(42(33)55)36-7-4-17-46-41(36)54/h1-3,5-6,8-13,21,26,29-30,35-36,45H,4,7,14-20,22-25H2,(H2,44,53)(H,46,54)/t35-,36?/m0/s1. The van der Waals surface area contributed by atoms with E-state index in [0.717, 1.165) is 99.2 Å². The molecule has 2 atom stereocenters. The van der Waals surface area contributed by atoms with Crippen molar-refractivity contribution < 1.29 is 23.9 Å². The van der Waals surface area contributed by atoms with Crippen molar-refractivity contribution >= 4 is 35.1 Å². The van der Waals surface area contributed by atoms with Gasteiger partial charge in [0.1, 0.15) is 34.6 Å². The number of carbonyl (C=O) groups excluding carboxylic acids is 4. The molecule has 1 unspecified atom stereocenters. The minimum atomic E-state index is -0.733. The highest BCUT2D eigenvalue weighted by atomic mass is 16.5. The van der Waals surface area contributed by atoms with Gasteiger partial charge in [0.15, 0.2) is 0 Å². The molecule has 4 amide bonds. The Labute approximate surface area is 330 Å². The summed E-state index contributed by atoms with van der Waals surface area (Å²) in [5.41, 5.74) is 9.57. The average Bonchev–Trinajstić information content (AvgIpc) is 3.71. The Balaban J connectivity index is 0.731. The van der Waals surface area contributed by atoms with E-state index >= 15 is 0 Å². The number of para-hydroxylation sites is 1. The maximum absolute atomic E-state index is 13.3. The molecule has 1 aromatic heterocycles. The molecular weight excluding hydrogens is 723 g/mol. The minimum Gasteiger partial charge on any atom is -0.457 e. The first kappa shape index (κ1) is 35.7. The molecule has 0 saturated carbocycles. The number of aromatic nitrogens is 2. The van der Waals surface area contributed by atoms with Crippen molar-refractivity contribution in [2.45, 2.75) is 56.3 Å². The first-order valence-corrected chi connectivity index (χ1v) is 20.3. The number of hydrogen-bond acceptors (Lipinski definition) is 10. The molecule has 0 radical (unpaired) electrons. The number of benzene rings is 3. The van der Waals surface area contributed by atoms with E-state index in [1.807, 2.05) is 71.4 Å². The van der Waals surface area contributed by atoms with E-state index in [1.165, 1.54) is 0 Å². The van der Waals surface area contributed by atoms with Gasteiger partial charge in [0.2, 0.25) is 5.91 Å². The molecule has 6 aliphatic heterocycles. The number of nitrogens with one attached hydrogen (secondary N) is 2. The summed E-state index contributed by atoms with van der Waals surface area (Å²) < 4.78 is 8.02. The monoisotopic (exact) mass is 769 g/mol. The fourth-order valence-corrected chi connectivity index (χ4v) is 9.79. The molecule has 14 nitrogen and oxygen atoms in total. The van der Waals surface area contributed by atoms with Crippen LogP contribution >= 0.6 is 0 Å². The van der Waals surface area contributed by atoms with Gasteiger partial charge in [-0.25, -0.2) is 4.68 Å². The SMILES string of the molecule is NC(=O)c1c(-c2ccc(Oc3ccccc3)cc2)nn2c1NCC[C@H]2C1CCN(C2CN(C3CN(c4ccc5c(c4)C(=O)N(C4CCCNC4=O)C5=O)C3)C2)CC1. The number of nitrogens with zero attached hydrogens (tertiary/aromatic N) is 6. The van der Waals surface area contributed by atoms with Gasteiger partial charge in [0, 0.05) is 62.6 Å². The summed E-state index contributed by atoms with van der Waals surface area (Å²) in [5, 5.41) is 11.3. The van der Waals surface area contributed by atoms with Crippen LogP contribution in [0.15, 0.2) is 72.8 Å². The molecule has 4 fully saturated rings. The van der Waals surface area contributed by atoms with Crippen LogP contribution in [0.25, 0.3) is 11.3 Å². The van der Waals surface area contributed by atoms with Gasteiger partial charge in [0.25, 0.3) is 17.7 Å². The van der Waals surface area contributed by atoms with Crippen molar-refractivity contribution in [3.63, 3.8) is 0 Å². The van der Waals surface area contributed by atoms with Crippen LogP contribution in [0.5, 0.6) is 11.5 Å². The molecule has 10 rings (SSSR count). The largest absolute Gasteiger partial charge is 0.457 e. The Kier molecular flexibility index (Phi) is 8.97. The number of rotatable bonds is 9. The highest BCUT2D eigenvalue weighted by molar-refractivity contribution is 6.23. The highest BCUT2D eigenvalue weighted by Gasteiger charge is 2.46. The third-order valence-corrected chi connectivity index (χ3v) is 13.0. The van der Waals surface area contributed by atoms with E-state index in [4.69, 9.17) is 15.6 Å². The zero-order chi connectivity index (χ0) is 38.8. The van der Waals surface area contributed by atoms with Crippen LogP contribution in [0, 0.1) is 5.92 Å². The number of anilines is 2. The second kappa shape index (κ2) is 14.3. The van der Waals surface area contributed by atoms with Crippen molar-refractivity contribution in [3.8, 4) is 22.8 Å². The molecule has 0 aliphatic carbocycles. The number of ether oxygens (including phenoxy) is 1. The first-order valence-electron chi connectivity index (χ1n) is 20.3. The van der Waals surface area contributed by atoms with Gasteiger partial charge < -0.3 is 26.0 Å². The summed E-state index contributed by atoms with van der Waals surface area (Å²) in [6.07, 6.45) is 4.34. The minimum absolute atomic E-state index is 0.192. The maximum Gasteiger partial charge on any atom is 0.262 e. The Hall–Kier alpha value is -5.73. The molecule has 294 valence electrons. The lowest BCUT2D eigenvalue weighted by atomic mass is 9.85. The van der Waals surface area contributed by atoms with Gasteiger partial charge in [-0.1, -0.05) is 18.2 Å². The molecule has 6 aliphatic rings. The Morgan fingerprint density at radius 2 is 1.47 bits per heavy atom. The van der Waals surface area contributed by atoms with Gasteiger partial charge in [0.05, 0.1) is 17.2 Å². The molecule has 14 heteroatoms. The van der Waals surface area contributed by atoms with Crippen LogP contribution in [-0.4, -0.2) is 119 Å². The Morgan fingerprint density at radius 3 is 2.21 bits per heavy atom. The van der Waals surface area contributed by atoms with Gasteiger partial charge in [-0.3, -0.25) is 33.9 Å². The van der Waals surface area contributed by atoms with E-state index < -0.39 is 11.9 Å². The van der Waals surface area contributed by atoms with E-state index in [-0.39, 0.29) is 23.8 Å². The van der Waals surface area contributed by atoms with Crippen LogP contribution < -0.4 is 26.0 Å². The lowest BCUT2D eigenvalue weighted by Crippen LogP contribution is -2.70. The van der Waals surface area contributed by atoms with Crippen molar-refractivity contribution in [1.82, 2.24) is 29.8 Å². The summed E-state index contributed by atoms with van der Waals surface area (Å²) in [5.74, 6) is 1.16. The number of carbonyl (C=O) groups is 4. The van der Waals surface area contributed by atoms with E-state index in [2.05, 4.69) is 25.3 Å². The zero-order valence-electron chi connectivity index (χ0n) is 31.8. The topological polar surface area (TPSA) is 158 Å². The summed E-state index contributed by atoms with van der Waals surface area (Å²) in [6.45, 7) is 7.30. The van der Waals surface area contributed by atoms with Crippen molar-refractivity contribution in [2.75, 3.05) is 62.6 Å². The fourth-order valence-electron chi connectivity index (χ4n) is 9.79. The highest BCUT2D eigenvalue weighted by Crippen LogP contribution is 2.41. The molecule has 3 aromatic carbocycles. The molecule has 4 aromatic rings. The van der Waals surface area contributed by atoms with Crippen LogP contribution in [0.2, 0.25) is 0 Å². The molecule has 4 saturated heterocycles. The van der Waals surface area contributed by atoms with Crippen LogP contribution in [0.3, 0.4) is 0 Å². The van der Waals surface area contributed by atoms with Crippen LogP contribution in [0.4, 0.5) is 11.5 Å². The number of amides is 4. The number of piperidine rings is 2. The summed E-state index contributed by atoms with van der Waals surface area (Å²) in [7, 11) is 0. The molecule has 0 bridgehead atoms. The van der Waals surface area contributed by atoms with Crippen LogP contribution in [0.1, 0.15) is 69.2 Å². The number of hydrogen-bond donors (Lipinski definition) is 3. The normalized spacial score (nSPS) is 23.3. The average molecular weight is 770 g/mol. The van der Waals surface area contributed by atoms with E-state index in [0.29, 0.717) is 59.1 Å². The molecule has 57 heavy (non-hydrogen) atoms. The molecule has 4 N–H and O–H groups in total. The summed E-state index contributed by atoms with van der Waals surface area (Å²) in [6, 6.07) is 23.3. The molecule has 7 heterocycles. The number of fused-ring (bicyclic) bond motifs is 2. The summed E-state index contributed by atoms with van der Waals surface area (Å²) >= 11 is 0. The maximum atomic E-state index is 13.3. The Morgan fingerprint density at radius 1 is 0.754 bits per heavy atom. The van der Waals surface area contributed by atoms with E-state index in [1.54, 1.807) is 6.07 Å².